The predicted molar refractivity (Wildman–Crippen MR) is 149 cm³/mol. The molecule has 36 heavy (non-hydrogen) atoms. The van der Waals surface area contributed by atoms with Gasteiger partial charge in [0.05, 0.1) is 23.5 Å². The summed E-state index contributed by atoms with van der Waals surface area (Å²) in [5.41, 5.74) is 6.18. The zero-order valence-corrected chi connectivity index (χ0v) is 21.4. The van der Waals surface area contributed by atoms with E-state index in [4.69, 9.17) is 12.2 Å². The Morgan fingerprint density at radius 1 is 1.00 bits per heavy atom. The maximum Gasteiger partial charge on any atom is 0.170 e. The number of aryl methyl sites for hydroxylation is 1. The smallest absolute Gasteiger partial charge is 0.170 e. The topological polar surface area (TPSA) is 65.4 Å². The van der Waals surface area contributed by atoms with Crippen LogP contribution in [0, 0.1) is 13.8 Å². The molecule has 3 heterocycles. The number of hydrogen-bond donors (Lipinski definition) is 3. The number of aromatic hydroxyl groups is 1. The van der Waals surface area contributed by atoms with Gasteiger partial charge in [0.1, 0.15) is 5.75 Å². The number of rotatable bonds is 8. The number of benzene rings is 2. The van der Waals surface area contributed by atoms with Crippen LogP contribution >= 0.6 is 12.2 Å². The average molecular weight is 498 g/mol. The molecule has 0 spiro atoms. The molecule has 1 saturated heterocycles. The lowest BCUT2D eigenvalue weighted by Gasteiger charge is -2.28. The lowest BCUT2D eigenvalue weighted by atomic mass is 9.96. The van der Waals surface area contributed by atoms with Crippen molar-refractivity contribution in [1.82, 2.24) is 19.8 Å². The van der Waals surface area contributed by atoms with Gasteiger partial charge in [-0.1, -0.05) is 36.4 Å². The fourth-order valence-corrected chi connectivity index (χ4v) is 5.47. The number of nitrogens with one attached hydrogen (secondary N) is 2. The molecule has 0 saturated carbocycles. The highest BCUT2D eigenvalue weighted by Crippen LogP contribution is 2.42. The van der Waals surface area contributed by atoms with Gasteiger partial charge in [-0.25, -0.2) is 0 Å². The Morgan fingerprint density at radius 2 is 1.75 bits per heavy atom. The van der Waals surface area contributed by atoms with Crippen molar-refractivity contribution < 1.29 is 5.11 Å². The monoisotopic (exact) mass is 497 g/mol. The molecule has 4 aromatic rings. The summed E-state index contributed by atoms with van der Waals surface area (Å²) >= 11 is 5.85. The van der Waals surface area contributed by atoms with Crippen molar-refractivity contribution in [2.75, 3.05) is 18.4 Å². The second kappa shape index (κ2) is 10.4. The first-order valence-corrected chi connectivity index (χ1v) is 12.7. The van der Waals surface area contributed by atoms with E-state index in [0.717, 1.165) is 53.1 Å². The number of thiocarbonyl (C=S) groups is 1. The minimum absolute atomic E-state index is 0.0186. The lowest BCUT2D eigenvalue weighted by Crippen LogP contribution is -2.31. The second-order valence-electron chi connectivity index (χ2n) is 9.12. The van der Waals surface area contributed by atoms with Gasteiger partial charge in [-0.15, -0.1) is 0 Å². The fourth-order valence-electron chi connectivity index (χ4n) is 5.13. The van der Waals surface area contributed by atoms with E-state index in [1.165, 1.54) is 5.56 Å². The molecule has 6 nitrogen and oxygen atoms in total. The molecule has 0 amide bonds. The maximum atomic E-state index is 10.6. The number of phenols is 1. The van der Waals surface area contributed by atoms with Crippen LogP contribution in [0.15, 0.2) is 85.1 Å². The number of aromatic nitrogens is 2. The van der Waals surface area contributed by atoms with E-state index in [0.29, 0.717) is 0 Å². The van der Waals surface area contributed by atoms with Gasteiger partial charge in [0.15, 0.2) is 5.11 Å². The summed E-state index contributed by atoms with van der Waals surface area (Å²) < 4.78 is 2.12. The molecule has 2 aromatic carbocycles. The fraction of sp³-hybridized carbons (Fsp3) is 0.241. The van der Waals surface area contributed by atoms with Crippen molar-refractivity contribution in [3.63, 3.8) is 0 Å². The molecule has 0 radical (unpaired) electrons. The minimum atomic E-state index is -0.0703. The van der Waals surface area contributed by atoms with Gasteiger partial charge in [0.2, 0.25) is 0 Å². The number of hydrogen-bond acceptors (Lipinski definition) is 4. The maximum absolute atomic E-state index is 10.6. The van der Waals surface area contributed by atoms with Gasteiger partial charge in [0.25, 0.3) is 0 Å². The van der Waals surface area contributed by atoms with Gasteiger partial charge in [-0.2, -0.15) is 0 Å². The first-order chi connectivity index (χ1) is 17.5. The largest absolute Gasteiger partial charge is 0.506 e. The van der Waals surface area contributed by atoms with Crippen LogP contribution < -0.4 is 10.6 Å². The van der Waals surface area contributed by atoms with Gasteiger partial charge in [-0.3, -0.25) is 4.98 Å². The molecule has 0 bridgehead atoms. The quantitative estimate of drug-likeness (QED) is 0.215. The highest BCUT2D eigenvalue weighted by molar-refractivity contribution is 7.80. The Balaban J connectivity index is 1.46. The molecule has 184 valence electrons. The molecule has 0 aliphatic carbocycles. The Bertz CT molecular complexity index is 1340. The van der Waals surface area contributed by atoms with E-state index in [1.807, 2.05) is 54.7 Å². The third-order valence-electron chi connectivity index (χ3n) is 6.79. The van der Waals surface area contributed by atoms with Gasteiger partial charge in [-0.05, 0) is 80.5 Å². The van der Waals surface area contributed by atoms with Crippen LogP contribution in [0.1, 0.15) is 41.1 Å². The number of phenolic OH excluding ortho intramolecular Hbond substituents is 1. The lowest BCUT2D eigenvalue weighted by molar-refractivity contribution is 0.315. The Kier molecular flexibility index (Phi) is 6.91. The number of nitrogens with zero attached hydrogens (tertiary/aromatic N) is 3. The number of para-hydroxylation sites is 3. The molecule has 5 rings (SSSR count). The SMILES string of the molecule is Cc1cc(C2C(c3ccccn3)NC(=S)N2CCCNc2ccccc2)c(C)n1-c1ccccc1O. The van der Waals surface area contributed by atoms with Gasteiger partial charge in [0, 0.05) is 36.4 Å². The molecule has 1 aliphatic rings. The van der Waals surface area contributed by atoms with E-state index in [2.05, 4.69) is 63.2 Å². The van der Waals surface area contributed by atoms with Crippen LogP contribution in [0.3, 0.4) is 0 Å². The van der Waals surface area contributed by atoms with Crippen LogP contribution in [-0.2, 0) is 0 Å². The zero-order chi connectivity index (χ0) is 25.1. The van der Waals surface area contributed by atoms with E-state index in [-0.39, 0.29) is 17.8 Å². The van der Waals surface area contributed by atoms with E-state index >= 15 is 0 Å². The van der Waals surface area contributed by atoms with E-state index < -0.39 is 0 Å². The van der Waals surface area contributed by atoms with Crippen LogP contribution in [-0.4, -0.2) is 37.8 Å². The summed E-state index contributed by atoms with van der Waals surface area (Å²) in [4.78, 5) is 6.95. The highest BCUT2D eigenvalue weighted by atomic mass is 32.1. The van der Waals surface area contributed by atoms with Crippen molar-refractivity contribution in [1.29, 1.82) is 0 Å². The zero-order valence-electron chi connectivity index (χ0n) is 20.6. The third-order valence-corrected chi connectivity index (χ3v) is 7.14. The third kappa shape index (κ3) is 4.66. The van der Waals surface area contributed by atoms with Crippen molar-refractivity contribution in [2.45, 2.75) is 32.4 Å². The standard InChI is InChI=1S/C29H31N5OS/c1-20-19-23(21(2)34(20)25-14-6-7-15-26(25)35)28-27(24-13-8-9-16-31-24)32-29(36)33(28)18-10-17-30-22-11-4-3-5-12-22/h3-9,11-16,19,27-28,30,35H,10,17-18H2,1-2H3,(H,32,36). The number of pyridine rings is 1. The Morgan fingerprint density at radius 3 is 2.50 bits per heavy atom. The van der Waals surface area contributed by atoms with Crippen molar-refractivity contribution >= 4 is 23.0 Å². The summed E-state index contributed by atoms with van der Waals surface area (Å²) in [6, 6.07) is 25.8. The van der Waals surface area contributed by atoms with Crippen molar-refractivity contribution in [3.05, 3.63) is 108 Å². The first kappa shape index (κ1) is 23.9. The van der Waals surface area contributed by atoms with Crippen LogP contribution in [0.25, 0.3) is 5.69 Å². The van der Waals surface area contributed by atoms with E-state index in [9.17, 15) is 5.11 Å². The summed E-state index contributed by atoms with van der Waals surface area (Å²) in [5, 5.41) is 18.4. The highest BCUT2D eigenvalue weighted by Gasteiger charge is 2.41. The van der Waals surface area contributed by atoms with Crippen LogP contribution in [0.2, 0.25) is 0 Å². The van der Waals surface area contributed by atoms with Gasteiger partial charge < -0.3 is 25.2 Å². The molecule has 2 atom stereocenters. The predicted octanol–water partition coefficient (Wildman–Crippen LogP) is 5.67. The summed E-state index contributed by atoms with van der Waals surface area (Å²) in [7, 11) is 0. The Labute approximate surface area is 217 Å². The molecule has 1 fully saturated rings. The molecule has 7 heteroatoms. The average Bonchev–Trinajstić information content (AvgIpc) is 3.38. The molecule has 1 aliphatic heterocycles. The van der Waals surface area contributed by atoms with Gasteiger partial charge >= 0.3 is 0 Å². The summed E-state index contributed by atoms with van der Waals surface area (Å²) in [6.45, 7) is 5.84. The van der Waals surface area contributed by atoms with Crippen molar-refractivity contribution in [2.24, 2.45) is 0 Å². The first-order valence-electron chi connectivity index (χ1n) is 12.3. The Hall–Kier alpha value is -3.84. The molecule has 2 unspecified atom stereocenters. The number of anilines is 1. The molecular weight excluding hydrogens is 466 g/mol. The van der Waals surface area contributed by atoms with Crippen LogP contribution in [0.5, 0.6) is 5.75 Å². The minimum Gasteiger partial charge on any atom is -0.506 e. The summed E-state index contributed by atoms with van der Waals surface area (Å²) in [6.07, 6.45) is 2.76. The molecule has 3 N–H and O–H groups in total. The summed E-state index contributed by atoms with van der Waals surface area (Å²) in [5.74, 6) is 0.260. The molecule has 2 aromatic heterocycles. The van der Waals surface area contributed by atoms with Crippen molar-refractivity contribution in [3.8, 4) is 11.4 Å². The molecular formula is C29H31N5OS. The normalized spacial score (nSPS) is 17.3. The van der Waals surface area contributed by atoms with E-state index in [1.54, 1.807) is 6.07 Å². The second-order valence-corrected chi connectivity index (χ2v) is 9.50. The van der Waals surface area contributed by atoms with Crippen LogP contribution in [0.4, 0.5) is 5.69 Å².